The van der Waals surface area contributed by atoms with Crippen LogP contribution in [0.1, 0.15) is 27.0 Å². The summed E-state index contributed by atoms with van der Waals surface area (Å²) in [6.07, 6.45) is 2.63. The number of H-pyrrole nitrogens is 1. The van der Waals surface area contributed by atoms with Crippen molar-refractivity contribution >= 4 is 16.8 Å². The van der Waals surface area contributed by atoms with Crippen LogP contribution in [0.3, 0.4) is 0 Å². The highest BCUT2D eigenvalue weighted by Crippen LogP contribution is 2.23. The van der Waals surface area contributed by atoms with Gasteiger partial charge >= 0.3 is 0 Å². The predicted molar refractivity (Wildman–Crippen MR) is 91.9 cm³/mol. The molecule has 3 N–H and O–H groups in total. The Balaban J connectivity index is 1.69. The number of phenolic OH excluding ortho intramolecular Hbond substituents is 1. The van der Waals surface area contributed by atoms with Crippen molar-refractivity contribution in [1.82, 2.24) is 10.3 Å². The Hall–Kier alpha value is -2.75. The maximum absolute atomic E-state index is 12.4. The zero-order valence-electron chi connectivity index (χ0n) is 13.3. The summed E-state index contributed by atoms with van der Waals surface area (Å²) < 4.78 is 0. The number of benzene rings is 2. The number of hydrogen-bond donors (Lipinski definition) is 3. The van der Waals surface area contributed by atoms with Gasteiger partial charge in [0, 0.05) is 29.2 Å². The van der Waals surface area contributed by atoms with Gasteiger partial charge in [-0.05, 0) is 55.2 Å². The Morgan fingerprint density at radius 2 is 1.91 bits per heavy atom. The third-order valence-electron chi connectivity index (χ3n) is 4.14. The molecule has 3 aromatic rings. The summed E-state index contributed by atoms with van der Waals surface area (Å²) in [5.74, 6) is 0.209. The Morgan fingerprint density at radius 1 is 1.17 bits per heavy atom. The summed E-state index contributed by atoms with van der Waals surface area (Å²) in [6.45, 7) is 4.45. The molecule has 0 spiro atoms. The van der Waals surface area contributed by atoms with Crippen LogP contribution in [0, 0.1) is 13.8 Å². The molecule has 4 nitrogen and oxygen atoms in total. The normalized spacial score (nSPS) is 10.9. The van der Waals surface area contributed by atoms with Crippen molar-refractivity contribution in [3.63, 3.8) is 0 Å². The van der Waals surface area contributed by atoms with Crippen LogP contribution in [-0.4, -0.2) is 22.5 Å². The number of phenols is 1. The Morgan fingerprint density at radius 3 is 2.65 bits per heavy atom. The molecule has 0 saturated heterocycles. The summed E-state index contributed by atoms with van der Waals surface area (Å²) >= 11 is 0. The van der Waals surface area contributed by atoms with Crippen molar-refractivity contribution in [2.75, 3.05) is 6.54 Å². The third-order valence-corrected chi connectivity index (χ3v) is 4.14. The minimum atomic E-state index is -0.0386. The highest BCUT2D eigenvalue weighted by atomic mass is 16.3. The number of nitrogens with one attached hydrogen (secondary N) is 2. The first-order valence-electron chi connectivity index (χ1n) is 7.69. The Kier molecular flexibility index (Phi) is 4.06. The number of fused-ring (bicyclic) bond motifs is 1. The number of rotatable bonds is 4. The number of amides is 1. The summed E-state index contributed by atoms with van der Waals surface area (Å²) in [7, 11) is 0. The standard InChI is InChI=1S/C19H20N2O2/c1-12-4-3-5-13(2)18(12)19(23)20-9-8-14-11-21-17-7-6-15(22)10-16(14)17/h3-7,10-11,21-22H,8-9H2,1-2H3,(H,20,23). The van der Waals surface area contributed by atoms with Crippen LogP contribution in [0.25, 0.3) is 10.9 Å². The number of carbonyl (C=O) groups excluding carboxylic acids is 1. The lowest BCUT2D eigenvalue weighted by atomic mass is 10.0. The first kappa shape index (κ1) is 15.2. The molecule has 0 unspecified atom stereocenters. The van der Waals surface area contributed by atoms with Crippen molar-refractivity contribution in [3.05, 3.63) is 64.8 Å². The molecule has 0 atom stereocenters. The molecule has 2 aromatic carbocycles. The van der Waals surface area contributed by atoms with E-state index in [1.165, 1.54) is 0 Å². The molecular formula is C19H20N2O2. The zero-order valence-corrected chi connectivity index (χ0v) is 13.3. The van der Waals surface area contributed by atoms with E-state index in [9.17, 15) is 9.90 Å². The van der Waals surface area contributed by atoms with E-state index < -0.39 is 0 Å². The fourth-order valence-corrected chi connectivity index (χ4v) is 2.94. The molecule has 118 valence electrons. The summed E-state index contributed by atoms with van der Waals surface area (Å²) in [5.41, 5.74) is 4.79. The molecular weight excluding hydrogens is 288 g/mol. The highest BCUT2D eigenvalue weighted by molar-refractivity contribution is 5.97. The van der Waals surface area contributed by atoms with Crippen molar-refractivity contribution in [2.45, 2.75) is 20.3 Å². The topological polar surface area (TPSA) is 65.1 Å². The summed E-state index contributed by atoms with van der Waals surface area (Å²) in [4.78, 5) is 15.6. The Labute approximate surface area is 135 Å². The van der Waals surface area contributed by atoms with Gasteiger partial charge in [-0.15, -0.1) is 0 Å². The molecule has 0 radical (unpaired) electrons. The maximum Gasteiger partial charge on any atom is 0.251 e. The van der Waals surface area contributed by atoms with Crippen molar-refractivity contribution in [1.29, 1.82) is 0 Å². The fourth-order valence-electron chi connectivity index (χ4n) is 2.94. The molecule has 4 heteroatoms. The van der Waals surface area contributed by atoms with Crippen LogP contribution in [-0.2, 0) is 6.42 Å². The average molecular weight is 308 g/mol. The van der Waals surface area contributed by atoms with Gasteiger partial charge in [-0.1, -0.05) is 18.2 Å². The molecule has 0 saturated carbocycles. The van der Waals surface area contributed by atoms with Crippen molar-refractivity contribution in [2.24, 2.45) is 0 Å². The molecule has 1 amide bonds. The number of aryl methyl sites for hydroxylation is 2. The van der Waals surface area contributed by atoms with E-state index in [1.807, 2.05) is 44.3 Å². The van der Waals surface area contributed by atoms with Gasteiger partial charge in [0.25, 0.3) is 5.91 Å². The quantitative estimate of drug-likeness (QED) is 0.691. The molecule has 23 heavy (non-hydrogen) atoms. The van der Waals surface area contributed by atoms with Gasteiger partial charge in [-0.25, -0.2) is 0 Å². The molecule has 1 heterocycles. The van der Waals surface area contributed by atoms with E-state index in [0.29, 0.717) is 13.0 Å². The molecule has 0 aliphatic carbocycles. The SMILES string of the molecule is Cc1cccc(C)c1C(=O)NCCc1c[nH]c2ccc(O)cc12. The number of aromatic amines is 1. The van der Waals surface area contributed by atoms with Gasteiger partial charge in [0.15, 0.2) is 0 Å². The first-order chi connectivity index (χ1) is 11.1. The first-order valence-corrected chi connectivity index (χ1v) is 7.69. The summed E-state index contributed by atoms with van der Waals surface area (Å²) in [5, 5.41) is 13.6. The number of aromatic hydroxyl groups is 1. The van der Waals surface area contributed by atoms with Gasteiger partial charge in [0.05, 0.1) is 0 Å². The molecule has 0 aliphatic heterocycles. The van der Waals surface area contributed by atoms with Crippen LogP contribution in [0.2, 0.25) is 0 Å². The van der Waals surface area contributed by atoms with E-state index in [-0.39, 0.29) is 11.7 Å². The van der Waals surface area contributed by atoms with Crippen LogP contribution in [0.5, 0.6) is 5.75 Å². The number of aromatic nitrogens is 1. The highest BCUT2D eigenvalue weighted by Gasteiger charge is 2.11. The zero-order chi connectivity index (χ0) is 16.4. The maximum atomic E-state index is 12.4. The second kappa shape index (κ2) is 6.16. The van der Waals surface area contributed by atoms with Crippen LogP contribution < -0.4 is 5.32 Å². The Bertz CT molecular complexity index is 845. The monoisotopic (exact) mass is 308 g/mol. The number of hydrogen-bond acceptors (Lipinski definition) is 2. The predicted octanol–water partition coefficient (Wildman–Crippen LogP) is 3.46. The smallest absolute Gasteiger partial charge is 0.251 e. The lowest BCUT2D eigenvalue weighted by Crippen LogP contribution is -2.27. The molecule has 0 aliphatic rings. The van der Waals surface area contributed by atoms with Gasteiger partial charge in [-0.2, -0.15) is 0 Å². The van der Waals surface area contributed by atoms with E-state index >= 15 is 0 Å². The second-order valence-electron chi connectivity index (χ2n) is 5.82. The lowest BCUT2D eigenvalue weighted by molar-refractivity contribution is 0.0953. The third kappa shape index (κ3) is 3.06. The minimum absolute atomic E-state index is 0.0386. The van der Waals surface area contributed by atoms with E-state index in [4.69, 9.17) is 0 Å². The second-order valence-corrected chi connectivity index (χ2v) is 5.82. The van der Waals surface area contributed by atoms with E-state index in [2.05, 4.69) is 10.3 Å². The van der Waals surface area contributed by atoms with Crippen LogP contribution in [0.15, 0.2) is 42.6 Å². The van der Waals surface area contributed by atoms with Gasteiger partial charge in [0.1, 0.15) is 5.75 Å². The van der Waals surface area contributed by atoms with Gasteiger partial charge in [-0.3, -0.25) is 4.79 Å². The van der Waals surface area contributed by atoms with Crippen LogP contribution in [0.4, 0.5) is 0 Å². The van der Waals surface area contributed by atoms with Gasteiger partial charge < -0.3 is 15.4 Å². The van der Waals surface area contributed by atoms with Crippen molar-refractivity contribution in [3.8, 4) is 5.75 Å². The molecule has 1 aromatic heterocycles. The lowest BCUT2D eigenvalue weighted by Gasteiger charge is -2.10. The van der Waals surface area contributed by atoms with E-state index in [1.54, 1.807) is 12.1 Å². The molecule has 0 fully saturated rings. The molecule has 0 bridgehead atoms. The minimum Gasteiger partial charge on any atom is -0.508 e. The molecule has 3 rings (SSSR count). The van der Waals surface area contributed by atoms with E-state index in [0.717, 1.165) is 33.2 Å². The fraction of sp³-hybridized carbons (Fsp3) is 0.211. The van der Waals surface area contributed by atoms with Crippen LogP contribution >= 0.6 is 0 Å². The largest absolute Gasteiger partial charge is 0.508 e. The average Bonchev–Trinajstić information content (AvgIpc) is 2.89. The number of carbonyl (C=O) groups is 1. The van der Waals surface area contributed by atoms with Crippen molar-refractivity contribution < 1.29 is 9.90 Å². The van der Waals surface area contributed by atoms with Gasteiger partial charge in [0.2, 0.25) is 0 Å². The summed E-state index contributed by atoms with van der Waals surface area (Å²) in [6, 6.07) is 11.1.